The van der Waals surface area contributed by atoms with E-state index in [1.54, 1.807) is 25.6 Å². The number of aromatic nitrogens is 3. The van der Waals surface area contributed by atoms with Crippen LogP contribution in [-0.4, -0.2) is 76.6 Å². The van der Waals surface area contributed by atoms with Crippen molar-refractivity contribution in [3.8, 4) is 0 Å². The predicted molar refractivity (Wildman–Crippen MR) is 113 cm³/mol. The fourth-order valence-electron chi connectivity index (χ4n) is 3.51. The first-order valence-corrected chi connectivity index (χ1v) is 12.2. The smallest absolute Gasteiger partial charge is 0.243 e. The highest BCUT2D eigenvalue weighted by Crippen LogP contribution is 2.21. The maximum absolute atomic E-state index is 12.9. The summed E-state index contributed by atoms with van der Waals surface area (Å²) in [5.41, 5.74) is 0. The number of sulfonamides is 1. The van der Waals surface area contributed by atoms with Gasteiger partial charge in [-0.3, -0.25) is 9.59 Å². The molecule has 2 amide bonds. The van der Waals surface area contributed by atoms with E-state index < -0.39 is 16.1 Å². The highest BCUT2D eigenvalue weighted by Gasteiger charge is 2.29. The first-order valence-electron chi connectivity index (χ1n) is 10.3. The largest absolute Gasteiger partial charge is 0.344 e. The number of aryl methyl sites for hydroxylation is 1. The van der Waals surface area contributed by atoms with Gasteiger partial charge in [-0.2, -0.15) is 5.10 Å². The lowest BCUT2D eigenvalue weighted by Gasteiger charge is -2.28. The van der Waals surface area contributed by atoms with E-state index in [-0.39, 0.29) is 43.3 Å². The van der Waals surface area contributed by atoms with Crippen molar-refractivity contribution in [2.75, 3.05) is 26.4 Å². The molecule has 11 heteroatoms. The quantitative estimate of drug-likeness (QED) is 0.736. The molecule has 0 spiro atoms. The summed E-state index contributed by atoms with van der Waals surface area (Å²) >= 11 is 0. The normalized spacial score (nSPS) is 23.2. The van der Waals surface area contributed by atoms with Gasteiger partial charge in [0, 0.05) is 26.6 Å². The minimum atomic E-state index is -3.43. The number of hydrogen-bond acceptors (Lipinski definition) is 6. The van der Waals surface area contributed by atoms with E-state index >= 15 is 0 Å². The molecule has 10 nitrogen and oxygen atoms in total. The van der Waals surface area contributed by atoms with Gasteiger partial charge >= 0.3 is 0 Å². The van der Waals surface area contributed by atoms with Crippen molar-refractivity contribution in [3.05, 3.63) is 11.6 Å². The Kier molecular flexibility index (Phi) is 7.98. The van der Waals surface area contributed by atoms with Crippen molar-refractivity contribution < 1.29 is 18.0 Å². The molecule has 0 aliphatic carbocycles. The maximum atomic E-state index is 12.9. The Balaban J connectivity index is 2.44. The van der Waals surface area contributed by atoms with Gasteiger partial charge in [-0.15, -0.1) is 0 Å². The van der Waals surface area contributed by atoms with E-state index in [2.05, 4.69) is 29.2 Å². The molecule has 1 aliphatic rings. The van der Waals surface area contributed by atoms with Crippen LogP contribution >= 0.6 is 0 Å². The van der Waals surface area contributed by atoms with Crippen LogP contribution in [0.2, 0.25) is 0 Å². The lowest BCUT2D eigenvalue weighted by molar-refractivity contribution is -0.138. The molecular weight excluding hydrogens is 408 g/mol. The molecule has 0 fully saturated rings. The number of nitrogens with one attached hydrogen (secondary N) is 1. The number of carbonyl (C=O) groups excluding carboxylic acids is 2. The van der Waals surface area contributed by atoms with Gasteiger partial charge in [0.1, 0.15) is 17.7 Å². The summed E-state index contributed by atoms with van der Waals surface area (Å²) in [5, 5.41) is 7.46. The first-order chi connectivity index (χ1) is 13.9. The Morgan fingerprint density at radius 2 is 1.87 bits per heavy atom. The zero-order valence-corrected chi connectivity index (χ0v) is 19.6. The Morgan fingerprint density at radius 3 is 2.47 bits per heavy atom. The molecule has 2 heterocycles. The molecule has 2 atom stereocenters. The number of rotatable bonds is 3. The SMILES string of the molecule is Cc1nc2n(n1)CCN(S(C)(=O)=O)CCCC(=O)N(C)[C@@H](C)C(=O)N[C@@H]2CC(C)C. The van der Waals surface area contributed by atoms with Crippen molar-refractivity contribution in [1.29, 1.82) is 0 Å². The molecule has 0 unspecified atom stereocenters. The number of carbonyl (C=O) groups is 2. The van der Waals surface area contributed by atoms with Crippen molar-refractivity contribution in [2.24, 2.45) is 5.92 Å². The summed E-state index contributed by atoms with van der Waals surface area (Å²) in [6, 6.07) is -1.04. The van der Waals surface area contributed by atoms with Crippen molar-refractivity contribution >= 4 is 21.8 Å². The van der Waals surface area contributed by atoms with Gasteiger partial charge in [-0.05, 0) is 32.6 Å². The molecule has 170 valence electrons. The topological polar surface area (TPSA) is 118 Å². The lowest BCUT2D eigenvalue weighted by Crippen LogP contribution is -2.47. The molecule has 0 aromatic carbocycles. The van der Waals surface area contributed by atoms with Gasteiger partial charge in [0.25, 0.3) is 0 Å². The first kappa shape index (κ1) is 24.3. The van der Waals surface area contributed by atoms with Crippen LogP contribution < -0.4 is 5.32 Å². The van der Waals surface area contributed by atoms with Gasteiger partial charge in [0.15, 0.2) is 0 Å². The summed E-state index contributed by atoms with van der Waals surface area (Å²) in [4.78, 5) is 31.3. The molecule has 1 aromatic heterocycles. The van der Waals surface area contributed by atoms with Gasteiger partial charge in [0.05, 0.1) is 18.8 Å². The zero-order chi connectivity index (χ0) is 22.6. The van der Waals surface area contributed by atoms with Crippen molar-refractivity contribution in [2.45, 2.75) is 65.6 Å². The van der Waals surface area contributed by atoms with E-state index in [0.717, 1.165) is 0 Å². The summed E-state index contributed by atoms with van der Waals surface area (Å²) in [7, 11) is -1.84. The van der Waals surface area contributed by atoms with Crippen LogP contribution in [0.1, 0.15) is 57.7 Å². The lowest BCUT2D eigenvalue weighted by atomic mass is 10.0. The Labute approximate surface area is 179 Å². The Hall–Kier alpha value is -2.01. The Bertz CT molecular complexity index is 866. The molecule has 2 rings (SSSR count). The van der Waals surface area contributed by atoms with Gasteiger partial charge in [-0.25, -0.2) is 22.4 Å². The maximum Gasteiger partial charge on any atom is 0.243 e. The second-order valence-corrected chi connectivity index (χ2v) is 10.4. The highest BCUT2D eigenvalue weighted by atomic mass is 32.2. The average Bonchev–Trinajstić information content (AvgIpc) is 3.00. The van der Waals surface area contributed by atoms with Gasteiger partial charge in [-0.1, -0.05) is 13.8 Å². The predicted octanol–water partition coefficient (Wildman–Crippen LogP) is 0.692. The van der Waals surface area contributed by atoms with Gasteiger partial charge < -0.3 is 10.2 Å². The molecule has 0 saturated heterocycles. The monoisotopic (exact) mass is 442 g/mol. The van der Waals surface area contributed by atoms with Crippen LogP contribution in [0.15, 0.2) is 0 Å². The van der Waals surface area contributed by atoms with E-state index in [1.807, 2.05) is 0 Å². The van der Waals surface area contributed by atoms with Crippen LogP contribution in [0.5, 0.6) is 0 Å². The Morgan fingerprint density at radius 1 is 1.20 bits per heavy atom. The zero-order valence-electron chi connectivity index (χ0n) is 18.8. The van der Waals surface area contributed by atoms with E-state index in [0.29, 0.717) is 31.0 Å². The molecule has 1 N–H and O–H groups in total. The average molecular weight is 443 g/mol. The summed E-state index contributed by atoms with van der Waals surface area (Å²) in [5.74, 6) is 0.993. The third kappa shape index (κ3) is 6.24. The molecule has 1 aliphatic heterocycles. The second kappa shape index (κ2) is 9.86. The van der Waals surface area contributed by atoms with Crippen LogP contribution in [0.3, 0.4) is 0 Å². The molecule has 1 aromatic rings. The molecule has 30 heavy (non-hydrogen) atoms. The van der Waals surface area contributed by atoms with E-state index in [1.165, 1.54) is 15.5 Å². The minimum Gasteiger partial charge on any atom is -0.344 e. The number of hydrogen-bond donors (Lipinski definition) is 1. The molecular formula is C19H34N6O4S. The van der Waals surface area contributed by atoms with Crippen LogP contribution in [0.25, 0.3) is 0 Å². The van der Waals surface area contributed by atoms with Crippen LogP contribution in [0, 0.1) is 12.8 Å². The summed E-state index contributed by atoms with van der Waals surface area (Å²) in [6.07, 6.45) is 2.36. The molecule has 0 bridgehead atoms. The standard InChI is InChI=1S/C19H34N6O4S/c1-13(2)12-16-18-20-15(4)22-25(18)11-10-24(30(6,28)29)9-7-8-17(26)23(5)14(3)19(27)21-16/h13-14,16H,7-12H2,1-6H3,(H,21,27)/t14-,16+/m0/s1. The number of likely N-dealkylation sites (N-methyl/N-ethyl adjacent to an activating group) is 1. The molecule has 0 saturated carbocycles. The third-order valence-corrected chi connectivity index (χ3v) is 6.63. The fourth-order valence-corrected chi connectivity index (χ4v) is 4.39. The van der Waals surface area contributed by atoms with E-state index in [4.69, 9.17) is 0 Å². The second-order valence-electron chi connectivity index (χ2n) is 8.38. The minimum absolute atomic E-state index is 0.170. The number of fused-ring (bicyclic) bond motifs is 1. The van der Waals surface area contributed by atoms with E-state index in [9.17, 15) is 18.0 Å². The summed E-state index contributed by atoms with van der Waals surface area (Å²) < 4.78 is 27.5. The van der Waals surface area contributed by atoms with Gasteiger partial charge in [0.2, 0.25) is 21.8 Å². The van der Waals surface area contributed by atoms with Crippen molar-refractivity contribution in [3.63, 3.8) is 0 Å². The fraction of sp³-hybridized carbons (Fsp3) is 0.789. The molecule has 0 radical (unpaired) electrons. The third-order valence-electron chi connectivity index (χ3n) is 5.32. The van der Waals surface area contributed by atoms with Crippen LogP contribution in [0.4, 0.5) is 0 Å². The van der Waals surface area contributed by atoms with Crippen molar-refractivity contribution in [1.82, 2.24) is 29.3 Å². The summed E-state index contributed by atoms with van der Waals surface area (Å²) in [6.45, 7) is 8.33. The highest BCUT2D eigenvalue weighted by molar-refractivity contribution is 7.88. The number of amides is 2. The number of nitrogens with zero attached hydrogens (tertiary/aromatic N) is 5. The van der Waals surface area contributed by atoms with Crippen LogP contribution in [-0.2, 0) is 26.2 Å².